The summed E-state index contributed by atoms with van der Waals surface area (Å²) in [6.07, 6.45) is 2.47. The molecule has 0 aliphatic carbocycles. The molecule has 0 aliphatic heterocycles. The van der Waals surface area contributed by atoms with Gasteiger partial charge in [-0.1, -0.05) is 19.1 Å². The molecule has 0 spiro atoms. The van der Waals surface area contributed by atoms with E-state index in [1.54, 1.807) is 6.08 Å². The maximum atomic E-state index is 8.86. The zero-order valence-electron chi connectivity index (χ0n) is 5.62. The van der Waals surface area contributed by atoms with Crippen molar-refractivity contribution < 1.29 is 10.2 Å². The molecule has 2 atom stereocenters. The van der Waals surface area contributed by atoms with Crippen LogP contribution in [0.25, 0.3) is 0 Å². The monoisotopic (exact) mass is 129 g/mol. The van der Waals surface area contributed by atoms with Gasteiger partial charge in [-0.2, -0.15) is 0 Å². The highest BCUT2D eigenvalue weighted by Gasteiger charge is 2.04. The van der Waals surface area contributed by atoms with Gasteiger partial charge in [0.25, 0.3) is 0 Å². The number of hydrogen-bond donors (Lipinski definition) is 2. The summed E-state index contributed by atoms with van der Waals surface area (Å²) < 4.78 is 0. The fourth-order valence-corrected chi connectivity index (χ4v) is 0.404. The summed E-state index contributed by atoms with van der Waals surface area (Å²) in [6.45, 7) is 5.20. The van der Waals surface area contributed by atoms with Crippen LogP contribution in [-0.2, 0) is 0 Å². The molecule has 0 aromatic heterocycles. The molecule has 1 radical (unpaired) electrons. The molecule has 0 bridgehead atoms. The van der Waals surface area contributed by atoms with Crippen LogP contribution in [0.3, 0.4) is 0 Å². The Labute approximate surface area is 55.8 Å². The van der Waals surface area contributed by atoms with Gasteiger partial charge in [-0.05, 0) is 13.3 Å². The van der Waals surface area contributed by atoms with Crippen LogP contribution in [-0.4, -0.2) is 22.4 Å². The van der Waals surface area contributed by atoms with Gasteiger partial charge in [0.05, 0.1) is 12.2 Å². The van der Waals surface area contributed by atoms with Crippen molar-refractivity contribution >= 4 is 0 Å². The molecule has 2 nitrogen and oxygen atoms in total. The molecular formula is C7H13O2. The summed E-state index contributed by atoms with van der Waals surface area (Å²) in [5.74, 6) is 0. The van der Waals surface area contributed by atoms with Crippen LogP contribution in [0.2, 0.25) is 0 Å². The van der Waals surface area contributed by atoms with Crippen molar-refractivity contribution in [1.29, 1.82) is 0 Å². The van der Waals surface area contributed by atoms with E-state index in [0.717, 1.165) is 6.42 Å². The van der Waals surface area contributed by atoms with Gasteiger partial charge in [0.1, 0.15) is 0 Å². The van der Waals surface area contributed by atoms with E-state index in [9.17, 15) is 0 Å². The summed E-state index contributed by atoms with van der Waals surface area (Å²) in [5.41, 5.74) is 0. The summed E-state index contributed by atoms with van der Waals surface area (Å²) in [5, 5.41) is 17.5. The van der Waals surface area contributed by atoms with E-state index in [1.165, 1.54) is 6.08 Å². The molecular weight excluding hydrogens is 116 g/mol. The zero-order chi connectivity index (χ0) is 7.28. The second-order valence-corrected chi connectivity index (χ2v) is 1.89. The Morgan fingerprint density at radius 1 is 1.56 bits per heavy atom. The van der Waals surface area contributed by atoms with E-state index in [-0.39, 0.29) is 0 Å². The summed E-state index contributed by atoms with van der Waals surface area (Å²) in [6, 6.07) is 0. The Hall–Kier alpha value is -0.340. The van der Waals surface area contributed by atoms with E-state index in [2.05, 4.69) is 6.92 Å². The average molecular weight is 129 g/mol. The van der Waals surface area contributed by atoms with E-state index >= 15 is 0 Å². The van der Waals surface area contributed by atoms with E-state index < -0.39 is 12.2 Å². The predicted molar refractivity (Wildman–Crippen MR) is 36.8 cm³/mol. The van der Waals surface area contributed by atoms with Crippen LogP contribution in [0.15, 0.2) is 12.2 Å². The molecule has 53 valence electrons. The number of rotatable bonds is 3. The average Bonchev–Trinajstić information content (AvgIpc) is 1.82. The van der Waals surface area contributed by atoms with Crippen molar-refractivity contribution in [1.82, 2.24) is 0 Å². The molecule has 0 aromatic carbocycles. The minimum absolute atomic E-state index is 0.815. The molecule has 9 heavy (non-hydrogen) atoms. The van der Waals surface area contributed by atoms with Gasteiger partial charge in [0.2, 0.25) is 0 Å². The van der Waals surface area contributed by atoms with E-state index in [0.29, 0.717) is 0 Å². The van der Waals surface area contributed by atoms with Crippen LogP contribution >= 0.6 is 0 Å². The van der Waals surface area contributed by atoms with Crippen LogP contribution in [0, 0.1) is 6.92 Å². The van der Waals surface area contributed by atoms with Crippen molar-refractivity contribution in [3.63, 3.8) is 0 Å². The normalized spacial score (nSPS) is 18.2. The van der Waals surface area contributed by atoms with Crippen LogP contribution in [0.4, 0.5) is 0 Å². The van der Waals surface area contributed by atoms with Crippen LogP contribution in [0.5, 0.6) is 0 Å². The molecule has 0 aromatic rings. The molecule has 2 N–H and O–H groups in total. The lowest BCUT2D eigenvalue weighted by molar-refractivity contribution is 0.0788. The third kappa shape index (κ3) is 4.18. The number of aliphatic hydroxyl groups excluding tert-OH is 2. The second-order valence-electron chi connectivity index (χ2n) is 1.89. The molecule has 0 saturated carbocycles. The highest BCUT2D eigenvalue weighted by atomic mass is 16.3. The van der Waals surface area contributed by atoms with Crippen molar-refractivity contribution in [3.05, 3.63) is 19.1 Å². The third-order valence-corrected chi connectivity index (χ3v) is 0.963. The Morgan fingerprint density at radius 3 is 2.44 bits per heavy atom. The first-order chi connectivity index (χ1) is 4.18. The first-order valence-corrected chi connectivity index (χ1v) is 3.04. The largest absolute Gasteiger partial charge is 0.390 e. The lowest BCUT2D eigenvalue weighted by Crippen LogP contribution is -2.19. The fourth-order valence-electron chi connectivity index (χ4n) is 0.404. The van der Waals surface area contributed by atoms with Crippen molar-refractivity contribution in [2.24, 2.45) is 0 Å². The van der Waals surface area contributed by atoms with Gasteiger partial charge in [0.15, 0.2) is 0 Å². The first kappa shape index (κ1) is 8.66. The zero-order valence-corrected chi connectivity index (χ0v) is 5.62. The molecule has 0 rings (SSSR count). The Balaban J connectivity index is 3.48. The van der Waals surface area contributed by atoms with Gasteiger partial charge in [-0.15, -0.1) is 0 Å². The van der Waals surface area contributed by atoms with Crippen molar-refractivity contribution in [2.45, 2.75) is 25.6 Å². The Morgan fingerprint density at radius 2 is 2.11 bits per heavy atom. The molecule has 2 heteroatoms. The number of aliphatic hydroxyl groups is 2. The lowest BCUT2D eigenvalue weighted by atomic mass is 10.2. The van der Waals surface area contributed by atoms with Gasteiger partial charge >= 0.3 is 0 Å². The Bertz CT molecular complexity index is 86.9. The maximum Gasteiger partial charge on any atom is 0.0979 e. The standard InChI is InChI=1S/C7H13O2/c1-3-4-5-7(9)6(2)8/h4-9H,2-3H2,1H3/b5-4+. The molecule has 0 saturated heterocycles. The molecule has 0 amide bonds. The van der Waals surface area contributed by atoms with E-state index in [1.807, 2.05) is 6.92 Å². The molecule has 0 heterocycles. The topological polar surface area (TPSA) is 40.5 Å². The van der Waals surface area contributed by atoms with E-state index in [4.69, 9.17) is 10.2 Å². The number of hydrogen-bond acceptors (Lipinski definition) is 2. The smallest absolute Gasteiger partial charge is 0.0979 e. The van der Waals surface area contributed by atoms with Crippen molar-refractivity contribution in [2.75, 3.05) is 0 Å². The van der Waals surface area contributed by atoms with Gasteiger partial charge in [0, 0.05) is 0 Å². The van der Waals surface area contributed by atoms with Gasteiger partial charge < -0.3 is 10.2 Å². The SMILES string of the molecule is [CH2]C(O)C(O)/C=C/CC. The Kier molecular flexibility index (Phi) is 4.36. The lowest BCUT2D eigenvalue weighted by Gasteiger charge is -2.06. The summed E-state index contributed by atoms with van der Waals surface area (Å²) in [7, 11) is 0. The maximum absolute atomic E-state index is 8.86. The van der Waals surface area contributed by atoms with Gasteiger partial charge in [-0.3, -0.25) is 0 Å². The van der Waals surface area contributed by atoms with Crippen LogP contribution < -0.4 is 0 Å². The minimum Gasteiger partial charge on any atom is -0.390 e. The summed E-state index contributed by atoms with van der Waals surface area (Å²) in [4.78, 5) is 0. The fraction of sp³-hybridized carbons (Fsp3) is 0.571. The molecule has 2 unspecified atom stereocenters. The second kappa shape index (κ2) is 4.53. The first-order valence-electron chi connectivity index (χ1n) is 3.04. The quantitative estimate of drug-likeness (QED) is 0.545. The van der Waals surface area contributed by atoms with Crippen molar-refractivity contribution in [3.8, 4) is 0 Å². The van der Waals surface area contributed by atoms with Gasteiger partial charge in [-0.25, -0.2) is 0 Å². The minimum atomic E-state index is -0.909. The highest BCUT2D eigenvalue weighted by Crippen LogP contribution is 1.93. The molecule has 0 fully saturated rings. The summed E-state index contributed by atoms with van der Waals surface area (Å²) >= 11 is 0. The third-order valence-electron chi connectivity index (χ3n) is 0.963. The predicted octanol–water partition coefficient (Wildman–Crippen LogP) is 0.508. The molecule has 0 aliphatic rings. The van der Waals surface area contributed by atoms with Crippen LogP contribution in [0.1, 0.15) is 13.3 Å². The highest BCUT2D eigenvalue weighted by molar-refractivity contribution is 4.92. The number of allylic oxidation sites excluding steroid dienone is 1.